The Labute approximate surface area is 142 Å². The molecule has 0 N–H and O–H groups in total. The van der Waals surface area contributed by atoms with Crippen LogP contribution in [0.5, 0.6) is 0 Å². The summed E-state index contributed by atoms with van der Waals surface area (Å²) in [5.41, 5.74) is 4.86. The first-order chi connectivity index (χ1) is 11.3. The van der Waals surface area contributed by atoms with E-state index in [1.807, 2.05) is 26.0 Å². The minimum atomic E-state index is -0.384. The van der Waals surface area contributed by atoms with Gasteiger partial charge >= 0.3 is 0 Å². The van der Waals surface area contributed by atoms with Crippen molar-refractivity contribution in [3.05, 3.63) is 45.5 Å². The van der Waals surface area contributed by atoms with Gasteiger partial charge in [-0.05, 0) is 68.7 Å². The Morgan fingerprint density at radius 2 is 1.96 bits per heavy atom. The third-order valence-corrected chi connectivity index (χ3v) is 5.46. The molecule has 2 aliphatic carbocycles. The molecule has 0 aromatic heterocycles. The molecular formula is C21H22O3. The van der Waals surface area contributed by atoms with E-state index < -0.39 is 0 Å². The zero-order valence-electron chi connectivity index (χ0n) is 14.7. The summed E-state index contributed by atoms with van der Waals surface area (Å²) in [5, 5.41) is 0. The molecule has 1 aliphatic heterocycles. The van der Waals surface area contributed by atoms with E-state index in [1.54, 1.807) is 0 Å². The van der Waals surface area contributed by atoms with Gasteiger partial charge in [-0.15, -0.1) is 0 Å². The summed E-state index contributed by atoms with van der Waals surface area (Å²) in [6, 6.07) is 2.05. The number of benzene rings is 1. The van der Waals surface area contributed by atoms with Gasteiger partial charge in [0.05, 0.1) is 0 Å². The molecule has 4 rings (SSSR count). The van der Waals surface area contributed by atoms with E-state index in [0.717, 1.165) is 24.0 Å². The van der Waals surface area contributed by atoms with Crippen molar-refractivity contribution in [1.82, 2.24) is 0 Å². The van der Waals surface area contributed by atoms with Gasteiger partial charge in [0.1, 0.15) is 11.4 Å². The van der Waals surface area contributed by atoms with Crippen LogP contribution in [0.1, 0.15) is 78.6 Å². The number of hydrogen-bond acceptors (Lipinski definition) is 3. The van der Waals surface area contributed by atoms with E-state index in [1.165, 1.54) is 11.1 Å². The van der Waals surface area contributed by atoms with Gasteiger partial charge in [-0.1, -0.05) is 19.1 Å². The Balaban J connectivity index is 2.04. The van der Waals surface area contributed by atoms with E-state index in [2.05, 4.69) is 19.9 Å². The first-order valence-corrected chi connectivity index (χ1v) is 8.66. The normalized spacial score (nSPS) is 24.2. The van der Waals surface area contributed by atoms with Crippen LogP contribution in [0.2, 0.25) is 0 Å². The third-order valence-electron chi connectivity index (χ3n) is 5.46. The molecule has 1 aromatic rings. The molecule has 1 atom stereocenters. The Morgan fingerprint density at radius 1 is 1.21 bits per heavy atom. The van der Waals surface area contributed by atoms with Crippen LogP contribution in [0, 0.1) is 6.92 Å². The highest BCUT2D eigenvalue weighted by Crippen LogP contribution is 2.45. The Bertz CT molecular complexity index is 852. The van der Waals surface area contributed by atoms with Crippen LogP contribution >= 0.6 is 0 Å². The van der Waals surface area contributed by atoms with Gasteiger partial charge in [-0.2, -0.15) is 0 Å². The van der Waals surface area contributed by atoms with E-state index in [-0.39, 0.29) is 17.2 Å². The highest BCUT2D eigenvalue weighted by molar-refractivity contribution is 6.52. The van der Waals surface area contributed by atoms with Gasteiger partial charge in [0.25, 0.3) is 0 Å². The van der Waals surface area contributed by atoms with Crippen LogP contribution in [0.25, 0.3) is 11.8 Å². The highest BCUT2D eigenvalue weighted by Gasteiger charge is 2.41. The van der Waals surface area contributed by atoms with Crippen molar-refractivity contribution in [2.75, 3.05) is 0 Å². The smallest absolute Gasteiger partial charge is 0.234 e. The highest BCUT2D eigenvalue weighted by atomic mass is 16.5. The van der Waals surface area contributed by atoms with Crippen molar-refractivity contribution in [3.63, 3.8) is 0 Å². The van der Waals surface area contributed by atoms with Gasteiger partial charge in [-0.3, -0.25) is 9.59 Å². The maximum atomic E-state index is 12.8. The summed E-state index contributed by atoms with van der Waals surface area (Å²) in [6.45, 7) is 8.32. The van der Waals surface area contributed by atoms with Crippen LogP contribution < -0.4 is 0 Å². The third kappa shape index (κ3) is 2.03. The minimum absolute atomic E-state index is 0.316. The number of rotatable bonds is 0. The molecule has 124 valence electrons. The Hall–Kier alpha value is -2.16. The van der Waals surface area contributed by atoms with Gasteiger partial charge < -0.3 is 4.74 Å². The number of carbonyl (C=O) groups is 2. The van der Waals surface area contributed by atoms with Crippen molar-refractivity contribution in [2.45, 2.75) is 58.5 Å². The van der Waals surface area contributed by atoms with Gasteiger partial charge in [0.15, 0.2) is 0 Å². The number of hydrogen-bond donors (Lipinski definition) is 0. The standard InChI is InChI=1S/C21H22O3/c1-11-6-5-7-13-16(11)12(2)10-15-17(13)19(23)18(22)14-8-9-21(3,4)24-20(14)15/h5,7,10-11H,6,8-9H2,1-4H3. The average Bonchev–Trinajstić information content (AvgIpc) is 2.51. The molecule has 0 amide bonds. The van der Waals surface area contributed by atoms with E-state index in [9.17, 15) is 9.59 Å². The van der Waals surface area contributed by atoms with Crippen molar-refractivity contribution < 1.29 is 14.3 Å². The Kier molecular flexibility index (Phi) is 3.15. The molecule has 1 heterocycles. The van der Waals surface area contributed by atoms with Crippen LogP contribution in [0.4, 0.5) is 0 Å². The first kappa shape index (κ1) is 15.4. The van der Waals surface area contributed by atoms with Gasteiger partial charge in [0.2, 0.25) is 11.6 Å². The number of allylic oxidation sites excluding steroid dienone is 2. The summed E-state index contributed by atoms with van der Waals surface area (Å²) >= 11 is 0. The predicted octanol–water partition coefficient (Wildman–Crippen LogP) is 4.58. The monoisotopic (exact) mass is 322 g/mol. The van der Waals surface area contributed by atoms with Gasteiger partial charge in [0, 0.05) is 16.7 Å². The molecular weight excluding hydrogens is 300 g/mol. The number of ketones is 2. The molecule has 3 heteroatoms. The summed E-state index contributed by atoms with van der Waals surface area (Å²) in [7, 11) is 0. The average molecular weight is 322 g/mol. The number of Topliss-reactive ketones (excluding diaryl/α,β-unsaturated/α-hetero) is 2. The van der Waals surface area contributed by atoms with Crippen LogP contribution in [-0.2, 0) is 9.53 Å². The molecule has 0 spiro atoms. The number of carbonyl (C=O) groups excluding carboxylic acids is 2. The zero-order valence-corrected chi connectivity index (χ0v) is 14.7. The minimum Gasteiger partial charge on any atom is -0.487 e. The van der Waals surface area contributed by atoms with Crippen molar-refractivity contribution in [2.24, 2.45) is 0 Å². The lowest BCUT2D eigenvalue weighted by atomic mass is 9.75. The molecule has 1 aromatic carbocycles. The first-order valence-electron chi connectivity index (χ1n) is 8.66. The summed E-state index contributed by atoms with van der Waals surface area (Å²) < 4.78 is 6.18. The molecule has 1 unspecified atom stereocenters. The molecule has 3 nitrogen and oxygen atoms in total. The van der Waals surface area contributed by atoms with Crippen LogP contribution in [0.15, 0.2) is 17.7 Å². The summed E-state index contributed by atoms with van der Waals surface area (Å²) in [5.74, 6) is 0.230. The molecule has 0 fully saturated rings. The molecule has 3 aliphatic rings. The molecule has 0 saturated heterocycles. The molecule has 0 bridgehead atoms. The second-order valence-corrected chi connectivity index (χ2v) is 7.81. The molecule has 24 heavy (non-hydrogen) atoms. The lowest BCUT2D eigenvalue weighted by Crippen LogP contribution is -2.35. The quantitative estimate of drug-likeness (QED) is 0.657. The van der Waals surface area contributed by atoms with Crippen LogP contribution in [-0.4, -0.2) is 17.2 Å². The fraction of sp³-hybridized carbons (Fsp3) is 0.429. The predicted molar refractivity (Wildman–Crippen MR) is 93.9 cm³/mol. The van der Waals surface area contributed by atoms with Crippen molar-refractivity contribution >= 4 is 23.4 Å². The second kappa shape index (κ2) is 4.92. The van der Waals surface area contributed by atoms with Crippen molar-refractivity contribution in [1.29, 1.82) is 0 Å². The number of aryl methyl sites for hydroxylation is 1. The van der Waals surface area contributed by atoms with E-state index in [4.69, 9.17) is 4.74 Å². The lowest BCUT2D eigenvalue weighted by Gasteiger charge is -2.37. The van der Waals surface area contributed by atoms with Crippen LogP contribution in [0.3, 0.4) is 0 Å². The topological polar surface area (TPSA) is 43.4 Å². The molecule has 0 saturated carbocycles. The largest absolute Gasteiger partial charge is 0.487 e. The lowest BCUT2D eigenvalue weighted by molar-refractivity contribution is -0.112. The number of fused-ring (bicyclic) bond motifs is 4. The number of ether oxygens (including phenoxy) is 1. The van der Waals surface area contributed by atoms with Crippen molar-refractivity contribution in [3.8, 4) is 0 Å². The summed E-state index contributed by atoms with van der Waals surface area (Å²) in [6.07, 6.45) is 6.42. The summed E-state index contributed by atoms with van der Waals surface area (Å²) in [4.78, 5) is 25.5. The fourth-order valence-electron chi connectivity index (χ4n) is 4.23. The molecule has 0 radical (unpaired) electrons. The maximum absolute atomic E-state index is 12.8. The Morgan fingerprint density at radius 3 is 2.71 bits per heavy atom. The van der Waals surface area contributed by atoms with Gasteiger partial charge in [-0.25, -0.2) is 0 Å². The fourth-order valence-corrected chi connectivity index (χ4v) is 4.23. The maximum Gasteiger partial charge on any atom is 0.234 e. The van der Waals surface area contributed by atoms with E-state index >= 15 is 0 Å². The second-order valence-electron chi connectivity index (χ2n) is 7.81. The zero-order chi connectivity index (χ0) is 17.2. The SMILES string of the molecule is Cc1cc2c(c3c1C(C)CC=C3)C(=O)C(=O)C1=C2OC(C)(C)CC1. The van der Waals surface area contributed by atoms with E-state index in [0.29, 0.717) is 29.2 Å².